The summed E-state index contributed by atoms with van der Waals surface area (Å²) in [5.41, 5.74) is 0. The standard InChI is InChI=1S/C11H18O5/c1-3-14-10(12)5-7-4-8-9(15-7)6-11(13-2)16-8/h7-9,11H,3-6H2,1-2H3/t7-,8-,9-,11?/m1/s1. The monoisotopic (exact) mass is 230 g/mol. The molecule has 0 bridgehead atoms. The maximum Gasteiger partial charge on any atom is 0.308 e. The minimum Gasteiger partial charge on any atom is -0.466 e. The number of carbonyl (C=O) groups excluding carboxylic acids is 1. The molecule has 2 saturated heterocycles. The Morgan fingerprint density at radius 2 is 2.06 bits per heavy atom. The third kappa shape index (κ3) is 2.53. The molecule has 0 aromatic rings. The highest BCUT2D eigenvalue weighted by Gasteiger charge is 2.44. The van der Waals surface area contributed by atoms with Crippen molar-refractivity contribution in [2.75, 3.05) is 13.7 Å². The third-order valence-electron chi connectivity index (χ3n) is 2.99. The van der Waals surface area contributed by atoms with Crippen LogP contribution in [0.4, 0.5) is 0 Å². The van der Waals surface area contributed by atoms with Crippen molar-refractivity contribution in [2.45, 2.75) is 50.8 Å². The highest BCUT2D eigenvalue weighted by atomic mass is 16.7. The lowest BCUT2D eigenvalue weighted by atomic mass is 10.1. The van der Waals surface area contributed by atoms with Crippen molar-refractivity contribution in [2.24, 2.45) is 0 Å². The molecule has 0 aliphatic carbocycles. The maximum atomic E-state index is 11.3. The first-order valence-corrected chi connectivity index (χ1v) is 5.72. The zero-order valence-electron chi connectivity index (χ0n) is 9.68. The van der Waals surface area contributed by atoms with E-state index in [1.165, 1.54) is 0 Å². The SMILES string of the molecule is CCOC(=O)C[C@H]1C[C@H]2OC(OC)C[C@H]2O1. The molecule has 4 atom stereocenters. The Bertz CT molecular complexity index is 241. The van der Waals surface area contributed by atoms with Gasteiger partial charge in [-0.05, 0) is 6.92 Å². The molecular formula is C11H18O5. The van der Waals surface area contributed by atoms with Crippen LogP contribution in [0.5, 0.6) is 0 Å². The number of rotatable bonds is 4. The summed E-state index contributed by atoms with van der Waals surface area (Å²) in [7, 11) is 1.63. The first-order chi connectivity index (χ1) is 7.72. The van der Waals surface area contributed by atoms with E-state index >= 15 is 0 Å². The van der Waals surface area contributed by atoms with Gasteiger partial charge in [-0.1, -0.05) is 0 Å². The van der Waals surface area contributed by atoms with E-state index in [0.29, 0.717) is 13.0 Å². The summed E-state index contributed by atoms with van der Waals surface area (Å²) < 4.78 is 21.3. The van der Waals surface area contributed by atoms with Crippen molar-refractivity contribution in [3.8, 4) is 0 Å². The van der Waals surface area contributed by atoms with E-state index in [4.69, 9.17) is 18.9 Å². The van der Waals surface area contributed by atoms with Crippen LogP contribution in [0.2, 0.25) is 0 Å². The van der Waals surface area contributed by atoms with E-state index in [9.17, 15) is 4.79 Å². The van der Waals surface area contributed by atoms with Gasteiger partial charge in [-0.3, -0.25) is 4.79 Å². The Hall–Kier alpha value is -0.650. The second-order valence-corrected chi connectivity index (χ2v) is 4.12. The number of methoxy groups -OCH3 is 1. The molecule has 2 aliphatic heterocycles. The van der Waals surface area contributed by atoms with E-state index in [-0.39, 0.29) is 30.6 Å². The summed E-state index contributed by atoms with van der Waals surface area (Å²) in [4.78, 5) is 11.3. The minimum atomic E-state index is -0.198. The number of fused-ring (bicyclic) bond motifs is 1. The smallest absolute Gasteiger partial charge is 0.308 e. The van der Waals surface area contributed by atoms with Gasteiger partial charge in [-0.25, -0.2) is 0 Å². The minimum absolute atomic E-state index is 0.0631. The van der Waals surface area contributed by atoms with Gasteiger partial charge in [0.05, 0.1) is 31.3 Å². The van der Waals surface area contributed by atoms with Crippen LogP contribution in [0.15, 0.2) is 0 Å². The van der Waals surface area contributed by atoms with Gasteiger partial charge in [0.2, 0.25) is 0 Å². The molecule has 0 aromatic carbocycles. The van der Waals surface area contributed by atoms with Crippen molar-refractivity contribution < 1.29 is 23.7 Å². The van der Waals surface area contributed by atoms with E-state index in [1.807, 2.05) is 0 Å². The fourth-order valence-electron chi connectivity index (χ4n) is 2.28. The normalized spacial score (nSPS) is 37.4. The summed E-state index contributed by atoms with van der Waals surface area (Å²) in [6.45, 7) is 2.22. The average molecular weight is 230 g/mol. The zero-order chi connectivity index (χ0) is 11.5. The molecule has 5 heteroatoms. The van der Waals surface area contributed by atoms with Gasteiger partial charge >= 0.3 is 5.97 Å². The molecule has 0 radical (unpaired) electrons. The van der Waals surface area contributed by atoms with Crippen LogP contribution < -0.4 is 0 Å². The summed E-state index contributed by atoms with van der Waals surface area (Å²) >= 11 is 0. The number of ether oxygens (including phenoxy) is 4. The van der Waals surface area contributed by atoms with E-state index in [1.54, 1.807) is 14.0 Å². The summed E-state index contributed by atoms with van der Waals surface area (Å²) in [5, 5.41) is 0. The third-order valence-corrected chi connectivity index (χ3v) is 2.99. The molecule has 2 heterocycles. The second-order valence-electron chi connectivity index (χ2n) is 4.12. The first kappa shape index (κ1) is 11.8. The van der Waals surface area contributed by atoms with Gasteiger partial charge in [-0.15, -0.1) is 0 Å². The molecule has 2 fully saturated rings. The van der Waals surface area contributed by atoms with Crippen LogP contribution >= 0.6 is 0 Å². The van der Waals surface area contributed by atoms with Crippen molar-refractivity contribution in [3.63, 3.8) is 0 Å². The van der Waals surface area contributed by atoms with Gasteiger partial charge in [0, 0.05) is 20.0 Å². The highest BCUT2D eigenvalue weighted by Crippen LogP contribution is 2.35. The lowest BCUT2D eigenvalue weighted by Gasteiger charge is -2.13. The molecular weight excluding hydrogens is 212 g/mol. The molecule has 0 saturated carbocycles. The van der Waals surface area contributed by atoms with Gasteiger partial charge in [0.15, 0.2) is 6.29 Å². The number of esters is 1. The van der Waals surface area contributed by atoms with Gasteiger partial charge in [0.25, 0.3) is 0 Å². The topological polar surface area (TPSA) is 54.0 Å². The van der Waals surface area contributed by atoms with Crippen LogP contribution in [0, 0.1) is 0 Å². The molecule has 2 rings (SSSR count). The lowest BCUT2D eigenvalue weighted by Crippen LogP contribution is -2.19. The zero-order valence-corrected chi connectivity index (χ0v) is 9.68. The van der Waals surface area contributed by atoms with Crippen LogP contribution in [0.25, 0.3) is 0 Å². The van der Waals surface area contributed by atoms with Crippen molar-refractivity contribution >= 4 is 5.97 Å². The van der Waals surface area contributed by atoms with Crippen LogP contribution in [-0.4, -0.2) is 44.3 Å². The van der Waals surface area contributed by atoms with Crippen LogP contribution in [0.3, 0.4) is 0 Å². The molecule has 2 aliphatic rings. The Morgan fingerprint density at radius 1 is 1.31 bits per heavy atom. The predicted octanol–water partition coefficient (Wildman–Crippen LogP) is 0.859. The molecule has 0 spiro atoms. The maximum absolute atomic E-state index is 11.3. The fourth-order valence-corrected chi connectivity index (χ4v) is 2.28. The summed E-state index contributed by atoms with van der Waals surface area (Å²) in [5.74, 6) is -0.198. The number of hydrogen-bond donors (Lipinski definition) is 0. The van der Waals surface area contributed by atoms with Crippen LogP contribution in [-0.2, 0) is 23.7 Å². The predicted molar refractivity (Wildman–Crippen MR) is 54.8 cm³/mol. The van der Waals surface area contributed by atoms with E-state index in [2.05, 4.69) is 0 Å². The van der Waals surface area contributed by atoms with Gasteiger partial charge in [-0.2, -0.15) is 0 Å². The van der Waals surface area contributed by atoms with Gasteiger partial charge in [0.1, 0.15) is 0 Å². The van der Waals surface area contributed by atoms with Crippen molar-refractivity contribution in [1.29, 1.82) is 0 Å². The Balaban J connectivity index is 1.76. The van der Waals surface area contributed by atoms with Crippen LogP contribution in [0.1, 0.15) is 26.2 Å². The summed E-state index contributed by atoms with van der Waals surface area (Å²) in [6.07, 6.45) is 1.75. The highest BCUT2D eigenvalue weighted by molar-refractivity contribution is 5.70. The van der Waals surface area contributed by atoms with Crippen molar-refractivity contribution in [1.82, 2.24) is 0 Å². The fraction of sp³-hybridized carbons (Fsp3) is 0.909. The van der Waals surface area contributed by atoms with E-state index in [0.717, 1.165) is 12.8 Å². The molecule has 0 amide bonds. The Labute approximate surface area is 95.0 Å². The Morgan fingerprint density at radius 3 is 2.69 bits per heavy atom. The molecule has 5 nitrogen and oxygen atoms in total. The molecule has 16 heavy (non-hydrogen) atoms. The molecule has 0 aromatic heterocycles. The number of carbonyl (C=O) groups is 1. The Kier molecular flexibility index (Phi) is 3.78. The van der Waals surface area contributed by atoms with Crippen molar-refractivity contribution in [3.05, 3.63) is 0 Å². The quantitative estimate of drug-likeness (QED) is 0.670. The lowest BCUT2D eigenvalue weighted by molar-refractivity contribution is -0.146. The molecule has 92 valence electrons. The summed E-state index contributed by atoms with van der Waals surface area (Å²) in [6, 6.07) is 0. The molecule has 0 N–H and O–H groups in total. The molecule has 1 unspecified atom stereocenters. The second kappa shape index (κ2) is 5.12. The number of hydrogen-bond acceptors (Lipinski definition) is 5. The average Bonchev–Trinajstić information content (AvgIpc) is 2.74. The largest absolute Gasteiger partial charge is 0.466 e. The van der Waals surface area contributed by atoms with Gasteiger partial charge < -0.3 is 18.9 Å². The van der Waals surface area contributed by atoms with E-state index < -0.39 is 0 Å². The first-order valence-electron chi connectivity index (χ1n) is 5.72.